The number of ether oxygens (including phenoxy) is 1. The molecule has 1 N–H and O–H groups in total. The highest BCUT2D eigenvalue weighted by Crippen LogP contribution is 2.38. The van der Waals surface area contributed by atoms with Crippen LogP contribution in [0.3, 0.4) is 0 Å². The predicted octanol–water partition coefficient (Wildman–Crippen LogP) is 3.23. The number of hydrogen-bond acceptors (Lipinski definition) is 5. The molecule has 0 amide bonds. The summed E-state index contributed by atoms with van der Waals surface area (Å²) >= 11 is 0. The number of hydrogen-bond donors (Lipinski definition) is 1. The van der Waals surface area contributed by atoms with Gasteiger partial charge in [0.05, 0.1) is 18.6 Å². The summed E-state index contributed by atoms with van der Waals surface area (Å²) in [7, 11) is 1.20. The van der Waals surface area contributed by atoms with Crippen molar-refractivity contribution in [1.82, 2.24) is 15.5 Å². The number of piperidine rings is 1. The Balaban J connectivity index is 1.91. The molecule has 1 aromatic carbocycles. The van der Waals surface area contributed by atoms with E-state index >= 15 is 0 Å². The molecule has 5 nitrogen and oxygen atoms in total. The smallest absolute Gasteiger partial charge is 0.419 e. The first-order chi connectivity index (χ1) is 11.0. The maximum absolute atomic E-state index is 13.1. The summed E-state index contributed by atoms with van der Waals surface area (Å²) in [6.45, 7) is 1.68. The van der Waals surface area contributed by atoms with Gasteiger partial charge in [-0.2, -0.15) is 18.2 Å². The van der Waals surface area contributed by atoms with Gasteiger partial charge >= 0.3 is 6.18 Å². The lowest BCUT2D eigenvalue weighted by Crippen LogP contribution is -2.28. The maximum Gasteiger partial charge on any atom is 0.419 e. The lowest BCUT2D eigenvalue weighted by Gasteiger charge is -2.18. The molecule has 1 aliphatic rings. The van der Waals surface area contributed by atoms with Gasteiger partial charge in [-0.05, 0) is 37.6 Å². The van der Waals surface area contributed by atoms with Crippen LogP contribution >= 0.6 is 0 Å². The second-order valence-corrected chi connectivity index (χ2v) is 5.41. The number of aromatic nitrogens is 2. The zero-order chi connectivity index (χ0) is 16.4. The Bertz CT molecular complexity index is 679. The van der Waals surface area contributed by atoms with E-state index in [0.29, 0.717) is 5.89 Å². The van der Waals surface area contributed by atoms with Crippen LogP contribution in [0.15, 0.2) is 22.7 Å². The molecular formula is C15H16F3N3O2. The molecule has 124 valence electrons. The van der Waals surface area contributed by atoms with E-state index < -0.39 is 11.7 Å². The molecule has 0 bridgehead atoms. The Morgan fingerprint density at radius 3 is 2.83 bits per heavy atom. The number of halogens is 3. The third-order valence-corrected chi connectivity index (χ3v) is 3.85. The van der Waals surface area contributed by atoms with Gasteiger partial charge in [0.15, 0.2) is 0 Å². The van der Waals surface area contributed by atoms with Gasteiger partial charge in [0, 0.05) is 12.1 Å². The summed E-state index contributed by atoms with van der Waals surface area (Å²) in [5, 5.41) is 7.05. The first-order valence-corrected chi connectivity index (χ1v) is 7.29. The fraction of sp³-hybridized carbons (Fsp3) is 0.467. The third-order valence-electron chi connectivity index (χ3n) is 3.85. The molecule has 2 aromatic rings. The van der Waals surface area contributed by atoms with Crippen molar-refractivity contribution in [1.29, 1.82) is 0 Å². The molecule has 0 unspecified atom stereocenters. The number of benzene rings is 1. The van der Waals surface area contributed by atoms with E-state index in [9.17, 15) is 13.2 Å². The molecule has 2 heterocycles. The lowest BCUT2D eigenvalue weighted by molar-refractivity contribution is -0.138. The third kappa shape index (κ3) is 3.31. The highest BCUT2D eigenvalue weighted by atomic mass is 19.4. The minimum atomic E-state index is -4.51. The van der Waals surface area contributed by atoms with Crippen molar-refractivity contribution in [3.63, 3.8) is 0 Å². The topological polar surface area (TPSA) is 60.2 Å². The van der Waals surface area contributed by atoms with Gasteiger partial charge < -0.3 is 14.6 Å². The summed E-state index contributed by atoms with van der Waals surface area (Å²) in [5.41, 5.74) is -0.611. The summed E-state index contributed by atoms with van der Waals surface area (Å²) in [4.78, 5) is 4.26. The van der Waals surface area contributed by atoms with E-state index in [0.717, 1.165) is 32.0 Å². The molecule has 23 heavy (non-hydrogen) atoms. The van der Waals surface area contributed by atoms with Crippen LogP contribution in [-0.2, 0) is 6.18 Å². The molecule has 1 saturated heterocycles. The van der Waals surface area contributed by atoms with Crippen LogP contribution in [-0.4, -0.2) is 30.3 Å². The van der Waals surface area contributed by atoms with Crippen molar-refractivity contribution in [3.05, 3.63) is 29.7 Å². The standard InChI is InChI=1S/C15H16F3N3O2/c1-22-12-5-4-9(7-11(12)15(16,17)18)13-20-14(23-21-13)10-3-2-6-19-8-10/h4-5,7,10,19H,2-3,6,8H2,1H3/t10-/m1/s1. The van der Waals surface area contributed by atoms with Gasteiger partial charge in [0.1, 0.15) is 5.75 Å². The number of nitrogens with zero attached hydrogens (tertiary/aromatic N) is 2. The fourth-order valence-electron chi connectivity index (χ4n) is 2.65. The first-order valence-electron chi connectivity index (χ1n) is 7.29. The molecule has 0 aliphatic carbocycles. The van der Waals surface area contributed by atoms with Crippen molar-refractivity contribution in [3.8, 4) is 17.1 Å². The van der Waals surface area contributed by atoms with Crippen LogP contribution in [0.1, 0.15) is 30.2 Å². The second kappa shape index (κ2) is 6.19. The quantitative estimate of drug-likeness (QED) is 0.938. The monoisotopic (exact) mass is 327 g/mol. The Morgan fingerprint density at radius 1 is 1.35 bits per heavy atom. The van der Waals surface area contributed by atoms with E-state index in [1.807, 2.05) is 0 Å². The molecule has 0 radical (unpaired) electrons. The number of alkyl halides is 3. The molecule has 1 aliphatic heterocycles. The van der Waals surface area contributed by atoms with Gasteiger partial charge in [-0.15, -0.1) is 0 Å². The van der Waals surface area contributed by atoms with Gasteiger partial charge in [0.25, 0.3) is 0 Å². The summed E-state index contributed by atoms with van der Waals surface area (Å²) in [6, 6.07) is 3.73. The van der Waals surface area contributed by atoms with Crippen molar-refractivity contribution >= 4 is 0 Å². The Labute approximate surface area is 130 Å². The van der Waals surface area contributed by atoms with E-state index in [-0.39, 0.29) is 23.1 Å². The van der Waals surface area contributed by atoms with Crippen molar-refractivity contribution in [2.24, 2.45) is 0 Å². The Morgan fingerprint density at radius 2 is 2.17 bits per heavy atom. The van der Waals surface area contributed by atoms with Crippen LogP contribution < -0.4 is 10.1 Å². The molecule has 1 aromatic heterocycles. The minimum absolute atomic E-state index is 0.102. The van der Waals surface area contributed by atoms with Crippen LogP contribution in [0.2, 0.25) is 0 Å². The van der Waals surface area contributed by atoms with Crippen LogP contribution in [0.25, 0.3) is 11.4 Å². The SMILES string of the molecule is COc1ccc(-c2noc([C@@H]3CCCNC3)n2)cc1C(F)(F)F. The molecular weight excluding hydrogens is 311 g/mol. The van der Waals surface area contributed by atoms with Crippen molar-refractivity contribution < 1.29 is 22.4 Å². The molecule has 0 spiro atoms. The normalized spacial score (nSPS) is 18.9. The molecule has 1 atom stereocenters. The van der Waals surface area contributed by atoms with Gasteiger partial charge in [-0.1, -0.05) is 5.16 Å². The average Bonchev–Trinajstić information content (AvgIpc) is 3.04. The first kappa shape index (κ1) is 15.8. The van der Waals surface area contributed by atoms with Crippen LogP contribution in [0.4, 0.5) is 13.2 Å². The van der Waals surface area contributed by atoms with Gasteiger partial charge in [-0.25, -0.2) is 0 Å². The lowest BCUT2D eigenvalue weighted by atomic mass is 10.00. The van der Waals surface area contributed by atoms with Crippen molar-refractivity contribution in [2.45, 2.75) is 24.9 Å². The van der Waals surface area contributed by atoms with Crippen LogP contribution in [0.5, 0.6) is 5.75 Å². The average molecular weight is 327 g/mol. The largest absolute Gasteiger partial charge is 0.496 e. The molecule has 1 fully saturated rings. The highest BCUT2D eigenvalue weighted by molar-refractivity contribution is 5.59. The summed E-state index contributed by atoms with van der Waals surface area (Å²) in [6.07, 6.45) is -2.59. The molecule has 0 saturated carbocycles. The molecule has 3 rings (SSSR count). The zero-order valence-electron chi connectivity index (χ0n) is 12.5. The summed E-state index contributed by atoms with van der Waals surface area (Å²) < 4.78 is 49.2. The second-order valence-electron chi connectivity index (χ2n) is 5.41. The summed E-state index contributed by atoms with van der Waals surface area (Å²) in [5.74, 6) is 0.474. The number of methoxy groups -OCH3 is 1. The van der Waals surface area contributed by atoms with E-state index in [4.69, 9.17) is 9.26 Å². The van der Waals surface area contributed by atoms with Gasteiger partial charge in [-0.3, -0.25) is 0 Å². The minimum Gasteiger partial charge on any atom is -0.496 e. The fourth-order valence-corrected chi connectivity index (χ4v) is 2.65. The maximum atomic E-state index is 13.1. The Hall–Kier alpha value is -2.09. The number of rotatable bonds is 3. The van der Waals surface area contributed by atoms with Crippen LogP contribution in [0, 0.1) is 0 Å². The van der Waals surface area contributed by atoms with E-state index in [2.05, 4.69) is 15.5 Å². The number of nitrogens with one attached hydrogen (secondary N) is 1. The van der Waals surface area contributed by atoms with Crippen molar-refractivity contribution in [2.75, 3.05) is 20.2 Å². The zero-order valence-corrected chi connectivity index (χ0v) is 12.5. The van der Waals surface area contributed by atoms with Gasteiger partial charge in [0.2, 0.25) is 11.7 Å². The molecule has 8 heteroatoms. The predicted molar refractivity (Wildman–Crippen MR) is 76.1 cm³/mol. The van der Waals surface area contributed by atoms with E-state index in [1.165, 1.54) is 19.2 Å². The Kier molecular flexibility index (Phi) is 4.25. The highest BCUT2D eigenvalue weighted by Gasteiger charge is 2.35. The van der Waals surface area contributed by atoms with E-state index in [1.54, 1.807) is 0 Å².